The number of benzene rings is 1. The summed E-state index contributed by atoms with van der Waals surface area (Å²) in [5, 5.41) is 15.2. The molecule has 0 unspecified atom stereocenters. The molecule has 34 heavy (non-hydrogen) atoms. The van der Waals surface area contributed by atoms with E-state index in [0.29, 0.717) is 10.2 Å². The number of aromatic nitrogens is 1. The first kappa shape index (κ1) is 22.3. The lowest BCUT2D eigenvalue weighted by Gasteiger charge is -2.20. The van der Waals surface area contributed by atoms with Crippen molar-refractivity contribution in [2.45, 2.75) is 33.1 Å². The molecule has 1 saturated heterocycles. The Labute approximate surface area is 200 Å². The molecule has 3 aliphatic rings. The summed E-state index contributed by atoms with van der Waals surface area (Å²) >= 11 is 1.16. The summed E-state index contributed by atoms with van der Waals surface area (Å²) < 4.78 is 15.3. The third-order valence-corrected chi connectivity index (χ3v) is 7.02. The number of aryl methyl sites for hydroxylation is 1. The second-order valence-electron chi connectivity index (χ2n) is 8.42. The lowest BCUT2D eigenvalue weighted by atomic mass is 10.1. The lowest BCUT2D eigenvalue weighted by molar-refractivity contribution is -0.128. The molecule has 0 saturated carbocycles. The fourth-order valence-electron chi connectivity index (χ4n) is 4.39. The molecule has 10 heteroatoms. The minimum absolute atomic E-state index is 0.00560. The number of thioether (sulfide) groups is 1. The van der Waals surface area contributed by atoms with Crippen molar-refractivity contribution in [3.05, 3.63) is 58.7 Å². The number of rotatable bonds is 4. The third-order valence-electron chi connectivity index (χ3n) is 6.11. The zero-order valence-corrected chi connectivity index (χ0v) is 19.7. The topological polar surface area (TPSA) is 94.1 Å². The molecule has 4 heterocycles. The van der Waals surface area contributed by atoms with Gasteiger partial charge in [0.15, 0.2) is 5.84 Å². The van der Waals surface area contributed by atoms with E-state index in [1.807, 2.05) is 29.4 Å². The maximum absolute atomic E-state index is 13.4. The first-order valence-corrected chi connectivity index (χ1v) is 11.9. The predicted octanol–water partition coefficient (Wildman–Crippen LogP) is 3.86. The minimum Gasteiger partial charge on any atom is -0.342 e. The fraction of sp³-hybridized carbons (Fsp3) is 0.292. The summed E-state index contributed by atoms with van der Waals surface area (Å²) in [5.74, 6) is -0.893. The van der Waals surface area contributed by atoms with Crippen LogP contribution in [0.25, 0.3) is 11.8 Å². The van der Waals surface area contributed by atoms with Crippen molar-refractivity contribution >= 4 is 45.7 Å². The highest BCUT2D eigenvalue weighted by atomic mass is 32.2. The van der Waals surface area contributed by atoms with Crippen LogP contribution in [0.4, 0.5) is 4.39 Å². The van der Waals surface area contributed by atoms with Crippen LogP contribution >= 0.6 is 11.8 Å². The van der Waals surface area contributed by atoms with E-state index in [0.717, 1.165) is 60.3 Å². The van der Waals surface area contributed by atoms with E-state index in [1.54, 1.807) is 18.2 Å². The molecule has 2 aromatic rings. The number of carbonyl (C=O) groups excluding carboxylic acids is 2. The van der Waals surface area contributed by atoms with Gasteiger partial charge in [0.25, 0.3) is 5.91 Å². The molecular formula is C24H23FN6O2S. The van der Waals surface area contributed by atoms with Crippen molar-refractivity contribution in [2.24, 2.45) is 10.1 Å². The van der Waals surface area contributed by atoms with Crippen LogP contribution in [0.2, 0.25) is 0 Å². The Morgan fingerprint density at radius 3 is 2.62 bits per heavy atom. The quantitative estimate of drug-likeness (QED) is 0.675. The molecule has 1 aromatic carbocycles. The largest absolute Gasteiger partial charge is 0.342 e. The van der Waals surface area contributed by atoms with Gasteiger partial charge >= 0.3 is 0 Å². The van der Waals surface area contributed by atoms with E-state index in [2.05, 4.69) is 10.1 Å². The van der Waals surface area contributed by atoms with Gasteiger partial charge in [-0.05, 0) is 80.4 Å². The first-order valence-electron chi connectivity index (χ1n) is 11.0. The van der Waals surface area contributed by atoms with Crippen LogP contribution < -0.4 is 0 Å². The van der Waals surface area contributed by atoms with Gasteiger partial charge < -0.3 is 9.47 Å². The molecule has 174 valence electrons. The lowest BCUT2D eigenvalue weighted by Crippen LogP contribution is -2.35. The molecule has 5 rings (SSSR count). The number of aliphatic imine (C=N–C) groups is 1. The summed E-state index contributed by atoms with van der Waals surface area (Å²) in [5.41, 5.74) is 3.45. The van der Waals surface area contributed by atoms with Crippen LogP contribution in [0.5, 0.6) is 0 Å². The second kappa shape index (κ2) is 8.68. The molecular weight excluding hydrogens is 455 g/mol. The smallest absolute Gasteiger partial charge is 0.283 e. The number of halogens is 1. The maximum atomic E-state index is 13.4. The van der Waals surface area contributed by atoms with Crippen molar-refractivity contribution in [3.63, 3.8) is 0 Å². The van der Waals surface area contributed by atoms with E-state index in [9.17, 15) is 14.0 Å². The Bertz CT molecular complexity index is 1300. The van der Waals surface area contributed by atoms with E-state index in [-0.39, 0.29) is 29.6 Å². The SMILES string of the molecule is Cc1cc(/C=C2/C(=N)N3N=C(CC(=O)N4CCCC4)SC3=NC2=O)c(C)n1-c1ccc(F)cc1. The molecule has 1 fully saturated rings. The Morgan fingerprint density at radius 2 is 1.91 bits per heavy atom. The van der Waals surface area contributed by atoms with Gasteiger partial charge in [-0.1, -0.05) is 0 Å². The Morgan fingerprint density at radius 1 is 1.21 bits per heavy atom. The van der Waals surface area contributed by atoms with Gasteiger partial charge in [-0.25, -0.2) is 4.39 Å². The summed E-state index contributed by atoms with van der Waals surface area (Å²) in [6.45, 7) is 5.35. The average Bonchev–Trinajstić information content (AvgIpc) is 3.52. The first-order chi connectivity index (χ1) is 16.3. The van der Waals surface area contributed by atoms with Crippen LogP contribution in [-0.2, 0) is 9.59 Å². The number of carbonyl (C=O) groups is 2. The van der Waals surface area contributed by atoms with E-state index >= 15 is 0 Å². The van der Waals surface area contributed by atoms with Gasteiger partial charge in [-0.3, -0.25) is 15.0 Å². The number of amides is 2. The molecule has 3 aliphatic heterocycles. The molecule has 8 nitrogen and oxygen atoms in total. The number of hydrogen-bond acceptors (Lipinski definition) is 5. The number of fused-ring (bicyclic) bond motifs is 1. The minimum atomic E-state index is -0.516. The van der Waals surface area contributed by atoms with Crippen LogP contribution in [0, 0.1) is 25.1 Å². The zero-order valence-electron chi connectivity index (χ0n) is 18.8. The monoisotopic (exact) mass is 478 g/mol. The van der Waals surface area contributed by atoms with Crippen molar-refractivity contribution < 1.29 is 14.0 Å². The van der Waals surface area contributed by atoms with Gasteiger partial charge in [0, 0.05) is 30.2 Å². The molecule has 0 aliphatic carbocycles. The summed E-state index contributed by atoms with van der Waals surface area (Å²) in [6, 6.07) is 8.10. The highest BCUT2D eigenvalue weighted by molar-refractivity contribution is 8.27. The predicted molar refractivity (Wildman–Crippen MR) is 131 cm³/mol. The van der Waals surface area contributed by atoms with Gasteiger partial charge in [0.1, 0.15) is 10.9 Å². The molecule has 1 aromatic heterocycles. The zero-order chi connectivity index (χ0) is 24.0. The Balaban J connectivity index is 1.41. The molecule has 2 amide bonds. The van der Waals surface area contributed by atoms with Crippen LogP contribution in [0.1, 0.15) is 36.2 Å². The molecule has 0 bridgehead atoms. The maximum Gasteiger partial charge on any atom is 0.283 e. The average molecular weight is 479 g/mol. The highest BCUT2D eigenvalue weighted by Gasteiger charge is 2.36. The van der Waals surface area contributed by atoms with Gasteiger partial charge in [0.05, 0.1) is 12.0 Å². The molecule has 1 N–H and O–H groups in total. The van der Waals surface area contributed by atoms with Crippen LogP contribution in [0.15, 0.2) is 46.0 Å². The number of amidine groups is 2. The Hall–Kier alpha value is -3.53. The van der Waals surface area contributed by atoms with E-state index in [4.69, 9.17) is 5.41 Å². The van der Waals surface area contributed by atoms with Crippen molar-refractivity contribution in [2.75, 3.05) is 13.1 Å². The van der Waals surface area contributed by atoms with Gasteiger partial charge in [0.2, 0.25) is 11.1 Å². The highest BCUT2D eigenvalue weighted by Crippen LogP contribution is 2.31. The number of nitrogens with one attached hydrogen (secondary N) is 1. The Kier molecular flexibility index (Phi) is 5.68. The van der Waals surface area contributed by atoms with Crippen molar-refractivity contribution in [1.82, 2.24) is 14.5 Å². The normalized spacial score (nSPS) is 19.1. The van der Waals surface area contributed by atoms with Crippen LogP contribution in [0.3, 0.4) is 0 Å². The van der Waals surface area contributed by atoms with Crippen molar-refractivity contribution in [1.29, 1.82) is 5.41 Å². The van der Waals surface area contributed by atoms with E-state index in [1.165, 1.54) is 17.1 Å². The number of hydrogen-bond donors (Lipinski definition) is 1. The molecule has 0 radical (unpaired) electrons. The number of nitrogens with zero attached hydrogens (tertiary/aromatic N) is 5. The second-order valence-corrected chi connectivity index (χ2v) is 9.46. The summed E-state index contributed by atoms with van der Waals surface area (Å²) in [4.78, 5) is 31.2. The van der Waals surface area contributed by atoms with Gasteiger partial charge in [-0.2, -0.15) is 15.1 Å². The third kappa shape index (κ3) is 3.98. The van der Waals surface area contributed by atoms with Crippen molar-refractivity contribution in [3.8, 4) is 5.69 Å². The van der Waals surface area contributed by atoms with Gasteiger partial charge in [-0.15, -0.1) is 0 Å². The summed E-state index contributed by atoms with van der Waals surface area (Å²) in [6.07, 6.45) is 3.80. The summed E-state index contributed by atoms with van der Waals surface area (Å²) in [7, 11) is 0. The number of hydrazone groups is 1. The number of likely N-dealkylation sites (tertiary alicyclic amines) is 1. The standard InChI is InChI=1S/C24H23FN6O2S/c1-14-11-16(15(2)30(14)18-7-5-17(25)6-8-18)12-19-22(26)31-24(27-23(19)33)34-20(28-31)13-21(32)29-9-3-4-10-29/h5-8,11-12,26H,3-4,9-10,13H2,1-2H3/b19-12-,26-22?. The molecule has 0 atom stereocenters. The fourth-order valence-corrected chi connectivity index (χ4v) is 5.26. The van der Waals surface area contributed by atoms with E-state index < -0.39 is 5.91 Å². The molecule has 0 spiro atoms. The van der Waals surface area contributed by atoms with Crippen LogP contribution in [-0.4, -0.2) is 55.4 Å².